The second kappa shape index (κ2) is 10.3. The van der Waals surface area contributed by atoms with E-state index in [0.29, 0.717) is 12.6 Å². The summed E-state index contributed by atoms with van der Waals surface area (Å²) in [5, 5.41) is 0.815. The van der Waals surface area contributed by atoms with Crippen LogP contribution in [0.5, 0.6) is 0 Å². The number of benzene rings is 1. The van der Waals surface area contributed by atoms with Crippen molar-refractivity contribution in [2.75, 3.05) is 20.3 Å². The Morgan fingerprint density at radius 3 is 2.71 bits per heavy atom. The standard InChI is InChI=1S/C25H29ClN4O/c1-18-12-19(13-21-6-3-4-7-22(21)26)14-23(29-18)24-8-5-10-30(24)17-20-15-27-25(28-16-20)9-11-31-2/h3-4,6-7,12,14-16,24H,5,8-11,13,17H2,1-2H3. The van der Waals surface area contributed by atoms with Gasteiger partial charge in [-0.25, -0.2) is 9.97 Å². The van der Waals surface area contributed by atoms with Gasteiger partial charge in [0.15, 0.2) is 0 Å². The minimum Gasteiger partial charge on any atom is -0.384 e. The first-order valence-corrected chi connectivity index (χ1v) is 11.2. The van der Waals surface area contributed by atoms with E-state index in [1.165, 1.54) is 12.0 Å². The molecule has 0 amide bonds. The second-order valence-corrected chi connectivity index (χ2v) is 8.60. The molecule has 0 N–H and O–H groups in total. The van der Waals surface area contributed by atoms with Gasteiger partial charge in [-0.05, 0) is 62.1 Å². The zero-order valence-electron chi connectivity index (χ0n) is 18.2. The third-order valence-corrected chi connectivity index (χ3v) is 6.13. The molecule has 1 aliphatic rings. The molecule has 0 radical (unpaired) electrons. The van der Waals surface area contributed by atoms with Gasteiger partial charge in [0.25, 0.3) is 0 Å². The fraction of sp³-hybridized carbons (Fsp3) is 0.400. The number of pyridine rings is 1. The SMILES string of the molecule is COCCc1ncc(CN2CCCC2c2cc(Cc3ccccc3Cl)cc(C)n2)cn1. The molecule has 31 heavy (non-hydrogen) atoms. The van der Waals surface area contributed by atoms with E-state index in [1.54, 1.807) is 7.11 Å². The van der Waals surface area contributed by atoms with Crippen LogP contribution in [-0.2, 0) is 24.1 Å². The van der Waals surface area contributed by atoms with Crippen LogP contribution >= 0.6 is 11.6 Å². The van der Waals surface area contributed by atoms with Crippen LogP contribution in [0, 0.1) is 6.92 Å². The lowest BCUT2D eigenvalue weighted by molar-refractivity contribution is 0.200. The van der Waals surface area contributed by atoms with Gasteiger partial charge in [0, 0.05) is 48.7 Å². The maximum Gasteiger partial charge on any atom is 0.130 e. The summed E-state index contributed by atoms with van der Waals surface area (Å²) in [5.41, 5.74) is 5.74. The minimum atomic E-state index is 0.318. The Balaban J connectivity index is 1.49. The lowest BCUT2D eigenvalue weighted by atomic mass is 10.0. The highest BCUT2D eigenvalue weighted by atomic mass is 35.5. The number of rotatable bonds is 8. The zero-order valence-corrected chi connectivity index (χ0v) is 19.0. The van der Waals surface area contributed by atoms with Gasteiger partial charge < -0.3 is 4.74 Å². The lowest BCUT2D eigenvalue weighted by Gasteiger charge is -2.24. The highest BCUT2D eigenvalue weighted by molar-refractivity contribution is 6.31. The molecule has 0 aliphatic carbocycles. The van der Waals surface area contributed by atoms with Gasteiger partial charge >= 0.3 is 0 Å². The van der Waals surface area contributed by atoms with Gasteiger partial charge in [-0.2, -0.15) is 0 Å². The van der Waals surface area contributed by atoms with E-state index in [0.717, 1.165) is 65.7 Å². The third-order valence-electron chi connectivity index (χ3n) is 5.76. The van der Waals surface area contributed by atoms with Crippen molar-refractivity contribution in [2.45, 2.75) is 45.2 Å². The molecule has 1 aliphatic heterocycles. The first kappa shape index (κ1) is 21.9. The average molecular weight is 437 g/mol. The van der Waals surface area contributed by atoms with Crippen molar-refractivity contribution in [3.8, 4) is 0 Å². The Kier molecular flexibility index (Phi) is 7.28. The molecular weight excluding hydrogens is 408 g/mol. The molecular formula is C25H29ClN4O. The summed E-state index contributed by atoms with van der Waals surface area (Å²) in [5.74, 6) is 0.827. The monoisotopic (exact) mass is 436 g/mol. The first-order valence-electron chi connectivity index (χ1n) is 10.9. The largest absolute Gasteiger partial charge is 0.384 e. The number of likely N-dealkylation sites (tertiary alicyclic amines) is 1. The number of aromatic nitrogens is 3. The molecule has 0 saturated carbocycles. The number of nitrogens with zero attached hydrogens (tertiary/aromatic N) is 4. The fourth-order valence-electron chi connectivity index (χ4n) is 4.27. The molecule has 3 heterocycles. The first-order chi connectivity index (χ1) is 15.1. The normalized spacial score (nSPS) is 16.7. The molecule has 0 spiro atoms. The molecule has 6 heteroatoms. The van der Waals surface area contributed by atoms with Crippen LogP contribution in [0.4, 0.5) is 0 Å². The number of halogens is 1. The van der Waals surface area contributed by atoms with Crippen LogP contribution < -0.4 is 0 Å². The van der Waals surface area contributed by atoms with E-state index in [1.807, 2.05) is 30.6 Å². The Morgan fingerprint density at radius 2 is 1.94 bits per heavy atom. The van der Waals surface area contributed by atoms with Crippen molar-refractivity contribution in [3.05, 3.63) is 87.7 Å². The molecule has 3 aromatic rings. The highest BCUT2D eigenvalue weighted by Crippen LogP contribution is 2.33. The van der Waals surface area contributed by atoms with Crippen molar-refractivity contribution in [2.24, 2.45) is 0 Å². The minimum absolute atomic E-state index is 0.318. The summed E-state index contributed by atoms with van der Waals surface area (Å²) < 4.78 is 5.11. The van der Waals surface area contributed by atoms with Gasteiger partial charge in [0.05, 0.1) is 18.3 Å². The zero-order chi connectivity index (χ0) is 21.6. The number of methoxy groups -OCH3 is 1. The van der Waals surface area contributed by atoms with Gasteiger partial charge in [0.1, 0.15) is 5.82 Å². The number of hydrogen-bond acceptors (Lipinski definition) is 5. The van der Waals surface area contributed by atoms with Crippen LogP contribution in [0.1, 0.15) is 52.8 Å². The quantitative estimate of drug-likeness (QED) is 0.500. The summed E-state index contributed by atoms with van der Waals surface area (Å²) in [7, 11) is 1.70. The highest BCUT2D eigenvalue weighted by Gasteiger charge is 2.27. The molecule has 1 aromatic carbocycles. The van der Waals surface area contributed by atoms with Gasteiger partial charge in [-0.3, -0.25) is 9.88 Å². The van der Waals surface area contributed by atoms with Crippen molar-refractivity contribution < 1.29 is 4.74 Å². The Hall–Kier alpha value is -2.34. The van der Waals surface area contributed by atoms with Gasteiger partial charge in [0.2, 0.25) is 0 Å². The summed E-state index contributed by atoms with van der Waals surface area (Å²) in [6, 6.07) is 12.8. The topological polar surface area (TPSA) is 51.1 Å². The second-order valence-electron chi connectivity index (χ2n) is 8.19. The summed E-state index contributed by atoms with van der Waals surface area (Å²) in [4.78, 5) is 16.4. The van der Waals surface area contributed by atoms with Crippen molar-refractivity contribution >= 4 is 11.6 Å². The predicted octanol–water partition coefficient (Wildman–Crippen LogP) is 4.95. The summed E-state index contributed by atoms with van der Waals surface area (Å²) in [6.07, 6.45) is 7.74. The van der Waals surface area contributed by atoms with Gasteiger partial charge in [-0.15, -0.1) is 0 Å². The maximum atomic E-state index is 6.39. The van der Waals surface area contributed by atoms with Crippen LogP contribution in [0.2, 0.25) is 5.02 Å². The van der Waals surface area contributed by atoms with E-state index in [9.17, 15) is 0 Å². The molecule has 0 bridgehead atoms. The van der Waals surface area contributed by atoms with E-state index in [-0.39, 0.29) is 0 Å². The third kappa shape index (κ3) is 5.67. The molecule has 162 valence electrons. The van der Waals surface area contributed by atoms with Crippen LogP contribution in [0.3, 0.4) is 0 Å². The molecule has 5 nitrogen and oxygen atoms in total. The molecule has 1 unspecified atom stereocenters. The fourth-order valence-corrected chi connectivity index (χ4v) is 4.48. The van der Waals surface area contributed by atoms with Crippen molar-refractivity contribution in [3.63, 3.8) is 0 Å². The van der Waals surface area contributed by atoms with Crippen LogP contribution in [-0.4, -0.2) is 40.1 Å². The number of ether oxygens (including phenoxy) is 1. The average Bonchev–Trinajstić information content (AvgIpc) is 3.23. The van der Waals surface area contributed by atoms with E-state index < -0.39 is 0 Å². The Bertz CT molecular complexity index is 1010. The van der Waals surface area contributed by atoms with E-state index in [4.69, 9.17) is 21.3 Å². The van der Waals surface area contributed by atoms with Crippen molar-refractivity contribution in [1.29, 1.82) is 0 Å². The lowest BCUT2D eigenvalue weighted by Crippen LogP contribution is -2.24. The Labute approximate surface area is 189 Å². The summed E-state index contributed by atoms with van der Waals surface area (Å²) >= 11 is 6.39. The predicted molar refractivity (Wildman–Crippen MR) is 123 cm³/mol. The molecule has 1 saturated heterocycles. The van der Waals surface area contributed by atoms with E-state index >= 15 is 0 Å². The van der Waals surface area contributed by atoms with Crippen molar-refractivity contribution in [1.82, 2.24) is 19.9 Å². The Morgan fingerprint density at radius 1 is 1.13 bits per heavy atom. The van der Waals surface area contributed by atoms with Crippen LogP contribution in [0.15, 0.2) is 48.8 Å². The maximum absolute atomic E-state index is 6.39. The molecule has 1 fully saturated rings. The smallest absolute Gasteiger partial charge is 0.130 e. The summed E-state index contributed by atoms with van der Waals surface area (Å²) in [6.45, 7) is 4.62. The van der Waals surface area contributed by atoms with Gasteiger partial charge in [-0.1, -0.05) is 29.8 Å². The number of aryl methyl sites for hydroxylation is 1. The molecule has 1 atom stereocenters. The molecule has 4 rings (SSSR count). The van der Waals surface area contributed by atoms with Crippen LogP contribution in [0.25, 0.3) is 0 Å². The van der Waals surface area contributed by atoms with E-state index in [2.05, 4.69) is 40.0 Å². The molecule has 2 aromatic heterocycles. The number of hydrogen-bond donors (Lipinski definition) is 0.